The van der Waals surface area contributed by atoms with E-state index in [1.807, 2.05) is 30.3 Å². The largest absolute Gasteiger partial charge is 0.460 e. The molecule has 0 spiro atoms. The van der Waals surface area contributed by atoms with Crippen LogP contribution in [0.15, 0.2) is 57.7 Å². The SMILES string of the molecule is CC(Cc1oc2cc(F)ccc2c(=O)c1Cc1ccccc1)C(=O)NCCCN. The summed E-state index contributed by atoms with van der Waals surface area (Å²) in [6, 6.07) is 13.5. The second kappa shape index (κ2) is 9.47. The molecule has 1 amide bonds. The topological polar surface area (TPSA) is 85.3 Å². The molecule has 3 rings (SSSR count). The third-order valence-electron chi connectivity index (χ3n) is 4.88. The van der Waals surface area contributed by atoms with Crippen molar-refractivity contribution in [1.82, 2.24) is 5.32 Å². The van der Waals surface area contributed by atoms with Crippen LogP contribution in [0.2, 0.25) is 0 Å². The number of rotatable bonds is 8. The molecule has 1 atom stereocenters. The molecule has 3 aromatic rings. The number of benzene rings is 2. The Morgan fingerprint density at radius 1 is 1.21 bits per heavy atom. The van der Waals surface area contributed by atoms with E-state index in [0.717, 1.165) is 5.56 Å². The number of nitrogens with two attached hydrogens (primary N) is 1. The molecular weight excluding hydrogens is 371 g/mol. The highest BCUT2D eigenvalue weighted by atomic mass is 19.1. The van der Waals surface area contributed by atoms with Crippen LogP contribution in [-0.2, 0) is 17.6 Å². The molecule has 0 aliphatic heterocycles. The minimum atomic E-state index is -0.477. The number of fused-ring (bicyclic) bond motifs is 1. The predicted molar refractivity (Wildman–Crippen MR) is 111 cm³/mol. The van der Waals surface area contributed by atoms with Gasteiger partial charge >= 0.3 is 0 Å². The van der Waals surface area contributed by atoms with Crippen LogP contribution >= 0.6 is 0 Å². The Labute approximate surface area is 168 Å². The monoisotopic (exact) mass is 396 g/mol. The van der Waals surface area contributed by atoms with Gasteiger partial charge in [-0.2, -0.15) is 0 Å². The maximum Gasteiger partial charge on any atom is 0.223 e. The third-order valence-corrected chi connectivity index (χ3v) is 4.88. The normalized spacial score (nSPS) is 12.1. The fourth-order valence-corrected chi connectivity index (χ4v) is 3.25. The lowest BCUT2D eigenvalue weighted by molar-refractivity contribution is -0.124. The number of nitrogens with one attached hydrogen (secondary N) is 1. The van der Waals surface area contributed by atoms with Crippen LogP contribution in [-0.4, -0.2) is 19.0 Å². The molecule has 0 radical (unpaired) electrons. The first-order valence-corrected chi connectivity index (χ1v) is 9.75. The van der Waals surface area contributed by atoms with Gasteiger partial charge in [-0.1, -0.05) is 37.3 Å². The minimum absolute atomic E-state index is 0.133. The molecule has 1 heterocycles. The Kier molecular flexibility index (Phi) is 6.77. The van der Waals surface area contributed by atoms with E-state index in [-0.39, 0.29) is 23.3 Å². The van der Waals surface area contributed by atoms with E-state index in [1.54, 1.807) is 6.92 Å². The number of carbonyl (C=O) groups excluding carboxylic acids is 1. The molecule has 0 aliphatic rings. The van der Waals surface area contributed by atoms with Gasteiger partial charge < -0.3 is 15.5 Å². The summed E-state index contributed by atoms with van der Waals surface area (Å²) in [6.07, 6.45) is 1.33. The van der Waals surface area contributed by atoms with Gasteiger partial charge in [0.05, 0.1) is 5.39 Å². The van der Waals surface area contributed by atoms with E-state index < -0.39 is 11.7 Å². The molecule has 3 N–H and O–H groups in total. The van der Waals surface area contributed by atoms with Crippen molar-refractivity contribution in [3.8, 4) is 0 Å². The average molecular weight is 396 g/mol. The molecule has 1 aromatic heterocycles. The van der Waals surface area contributed by atoms with Gasteiger partial charge in [0.15, 0.2) is 5.43 Å². The standard InChI is InChI=1S/C23H25FN2O3/c1-15(23(28)26-11-5-10-25)12-20-19(13-16-6-3-2-4-7-16)22(27)18-9-8-17(24)14-21(18)29-20/h2-4,6-9,14-15H,5,10-13,25H2,1H3,(H,26,28). The summed E-state index contributed by atoms with van der Waals surface area (Å²) in [5, 5.41) is 3.17. The number of carbonyl (C=O) groups is 1. The Hall–Kier alpha value is -2.99. The highest BCUT2D eigenvalue weighted by molar-refractivity contribution is 5.79. The molecular formula is C23H25FN2O3. The predicted octanol–water partition coefficient (Wildman–Crippen LogP) is 3.17. The number of halogens is 1. The first-order chi connectivity index (χ1) is 14.0. The zero-order valence-corrected chi connectivity index (χ0v) is 16.4. The first kappa shape index (κ1) is 20.7. The lowest BCUT2D eigenvalue weighted by Gasteiger charge is -2.15. The Bertz CT molecular complexity index is 1050. The van der Waals surface area contributed by atoms with Crippen molar-refractivity contribution in [2.45, 2.75) is 26.2 Å². The summed E-state index contributed by atoms with van der Waals surface area (Å²) in [4.78, 5) is 25.5. The molecule has 6 heteroatoms. The van der Waals surface area contributed by atoms with Crippen LogP contribution in [0.1, 0.15) is 30.2 Å². The Morgan fingerprint density at radius 3 is 2.69 bits per heavy atom. The highest BCUT2D eigenvalue weighted by Crippen LogP contribution is 2.22. The van der Waals surface area contributed by atoms with Gasteiger partial charge in [-0.3, -0.25) is 9.59 Å². The van der Waals surface area contributed by atoms with Gasteiger partial charge in [0.2, 0.25) is 5.91 Å². The summed E-state index contributed by atoms with van der Waals surface area (Å²) in [7, 11) is 0. The van der Waals surface area contributed by atoms with Crippen molar-refractivity contribution < 1.29 is 13.6 Å². The quantitative estimate of drug-likeness (QED) is 0.573. The van der Waals surface area contributed by atoms with Crippen molar-refractivity contribution in [2.75, 3.05) is 13.1 Å². The fraction of sp³-hybridized carbons (Fsp3) is 0.304. The van der Waals surface area contributed by atoms with Crippen LogP contribution in [0.25, 0.3) is 11.0 Å². The highest BCUT2D eigenvalue weighted by Gasteiger charge is 2.21. The number of hydrogen-bond acceptors (Lipinski definition) is 4. The fourth-order valence-electron chi connectivity index (χ4n) is 3.25. The van der Waals surface area contributed by atoms with Gasteiger partial charge in [0.1, 0.15) is 17.2 Å². The van der Waals surface area contributed by atoms with Gasteiger partial charge in [0, 0.05) is 36.9 Å². The summed E-state index contributed by atoms with van der Waals surface area (Å²) >= 11 is 0. The average Bonchev–Trinajstić information content (AvgIpc) is 2.71. The first-order valence-electron chi connectivity index (χ1n) is 9.75. The second-order valence-electron chi connectivity index (χ2n) is 7.17. The van der Waals surface area contributed by atoms with Crippen LogP contribution in [0.4, 0.5) is 4.39 Å². The maximum atomic E-state index is 13.7. The van der Waals surface area contributed by atoms with Crippen LogP contribution in [0.3, 0.4) is 0 Å². The zero-order valence-electron chi connectivity index (χ0n) is 16.4. The summed E-state index contributed by atoms with van der Waals surface area (Å²) in [6.45, 7) is 2.78. The van der Waals surface area contributed by atoms with Crippen molar-refractivity contribution in [2.24, 2.45) is 11.7 Å². The summed E-state index contributed by atoms with van der Waals surface area (Å²) in [5.74, 6) is -0.601. The van der Waals surface area contributed by atoms with Gasteiger partial charge in [-0.05, 0) is 30.7 Å². The summed E-state index contributed by atoms with van der Waals surface area (Å²) < 4.78 is 19.6. The number of hydrogen-bond donors (Lipinski definition) is 2. The van der Waals surface area contributed by atoms with E-state index in [9.17, 15) is 14.0 Å². The van der Waals surface area contributed by atoms with E-state index in [0.29, 0.717) is 42.6 Å². The third kappa shape index (κ3) is 5.09. The van der Waals surface area contributed by atoms with Gasteiger partial charge in [-0.15, -0.1) is 0 Å². The molecule has 29 heavy (non-hydrogen) atoms. The number of amides is 1. The van der Waals surface area contributed by atoms with Crippen molar-refractivity contribution >= 4 is 16.9 Å². The molecule has 0 bridgehead atoms. The smallest absolute Gasteiger partial charge is 0.223 e. The van der Waals surface area contributed by atoms with E-state index in [4.69, 9.17) is 10.2 Å². The van der Waals surface area contributed by atoms with Gasteiger partial charge in [0.25, 0.3) is 0 Å². The molecule has 1 unspecified atom stereocenters. The molecule has 0 saturated carbocycles. The second-order valence-corrected chi connectivity index (χ2v) is 7.17. The lowest BCUT2D eigenvalue weighted by atomic mass is 9.96. The zero-order chi connectivity index (χ0) is 20.8. The molecule has 0 fully saturated rings. The van der Waals surface area contributed by atoms with Crippen LogP contribution in [0.5, 0.6) is 0 Å². The summed E-state index contributed by atoms with van der Waals surface area (Å²) in [5.41, 5.74) is 6.91. The van der Waals surface area contributed by atoms with Crippen LogP contribution in [0, 0.1) is 11.7 Å². The Balaban J connectivity index is 1.97. The Morgan fingerprint density at radius 2 is 1.97 bits per heavy atom. The van der Waals surface area contributed by atoms with Crippen molar-refractivity contribution in [1.29, 1.82) is 0 Å². The van der Waals surface area contributed by atoms with Crippen molar-refractivity contribution in [3.05, 3.63) is 81.5 Å². The van der Waals surface area contributed by atoms with Crippen LogP contribution < -0.4 is 16.5 Å². The van der Waals surface area contributed by atoms with Gasteiger partial charge in [-0.25, -0.2) is 4.39 Å². The van der Waals surface area contributed by atoms with E-state index in [2.05, 4.69) is 5.32 Å². The lowest BCUT2D eigenvalue weighted by Crippen LogP contribution is -2.32. The molecule has 152 valence electrons. The molecule has 0 aliphatic carbocycles. The van der Waals surface area contributed by atoms with E-state index in [1.165, 1.54) is 18.2 Å². The molecule has 0 saturated heterocycles. The van der Waals surface area contributed by atoms with E-state index >= 15 is 0 Å². The molecule has 2 aromatic carbocycles. The molecule has 5 nitrogen and oxygen atoms in total. The van der Waals surface area contributed by atoms with Crippen molar-refractivity contribution in [3.63, 3.8) is 0 Å². The minimum Gasteiger partial charge on any atom is -0.460 e. The maximum absolute atomic E-state index is 13.7.